The lowest BCUT2D eigenvalue weighted by Crippen LogP contribution is -2.71. The molecular weight excluding hydrogens is 570 g/mol. The minimum atomic E-state index is -1.29. The summed E-state index contributed by atoms with van der Waals surface area (Å²) in [5, 5.41) is 16.4. The lowest BCUT2D eigenvalue weighted by molar-refractivity contribution is -0.384. The Hall–Kier alpha value is -4.23. The number of nitrogens with zero attached hydrogens (tertiary/aromatic N) is 2. The Morgan fingerprint density at radius 2 is 1.80 bits per heavy atom. The fourth-order valence-corrected chi connectivity index (χ4v) is 7.11. The molecule has 2 aromatic carbocycles. The van der Waals surface area contributed by atoms with Crippen LogP contribution in [0.3, 0.4) is 0 Å². The van der Waals surface area contributed by atoms with E-state index in [1.54, 1.807) is 47.2 Å². The number of fused-ring (bicyclic) bond motifs is 1. The van der Waals surface area contributed by atoms with Crippen LogP contribution in [0.5, 0.6) is 5.75 Å². The first kappa shape index (κ1) is 28.3. The summed E-state index contributed by atoms with van der Waals surface area (Å²) in [7, 11) is 0. The Bertz CT molecular complexity index is 1480. The summed E-state index contributed by atoms with van der Waals surface area (Å²) >= 11 is 2.68. The minimum Gasteiger partial charge on any atom is -0.459 e. The third-order valence-corrected chi connectivity index (χ3v) is 9.10. The van der Waals surface area contributed by atoms with Crippen LogP contribution in [0.4, 0.5) is 5.69 Å². The van der Waals surface area contributed by atoms with E-state index >= 15 is 0 Å². The van der Waals surface area contributed by atoms with Crippen LogP contribution in [-0.2, 0) is 30.5 Å². The van der Waals surface area contributed by atoms with Gasteiger partial charge < -0.3 is 19.7 Å². The summed E-state index contributed by atoms with van der Waals surface area (Å²) in [4.78, 5) is 64.5. The van der Waals surface area contributed by atoms with Crippen molar-refractivity contribution in [3.63, 3.8) is 0 Å². The number of thioether (sulfide) groups is 1. The molecular formula is C28H25N3O8S2. The zero-order valence-corrected chi connectivity index (χ0v) is 23.6. The van der Waals surface area contributed by atoms with Gasteiger partial charge in [0.25, 0.3) is 5.69 Å². The summed E-state index contributed by atoms with van der Waals surface area (Å²) in [6.07, 6.45) is 0. The molecule has 0 saturated carbocycles. The average Bonchev–Trinajstić information content (AvgIpc) is 3.55. The van der Waals surface area contributed by atoms with E-state index in [4.69, 9.17) is 9.47 Å². The second kappa shape index (κ2) is 11.3. The third kappa shape index (κ3) is 5.68. The lowest BCUT2D eigenvalue weighted by atomic mass is 9.95. The van der Waals surface area contributed by atoms with E-state index in [1.165, 1.54) is 52.3 Å². The summed E-state index contributed by atoms with van der Waals surface area (Å²) in [5.41, 5.74) is 0.931. The minimum absolute atomic E-state index is 0.0786. The second-order valence-corrected chi connectivity index (χ2v) is 12.6. The summed E-state index contributed by atoms with van der Waals surface area (Å²) in [6, 6.07) is 13.8. The molecule has 2 fully saturated rings. The number of nitrogens with one attached hydrogen (secondary N) is 1. The molecule has 2 aliphatic rings. The van der Waals surface area contributed by atoms with Gasteiger partial charge in [-0.05, 0) is 66.1 Å². The number of nitro groups is 1. The number of carbonyl (C=O) groups excluding carboxylic acids is 4. The molecule has 11 nitrogen and oxygen atoms in total. The Morgan fingerprint density at radius 3 is 2.44 bits per heavy atom. The number of nitro benzene ring substituents is 1. The summed E-state index contributed by atoms with van der Waals surface area (Å²) in [6.45, 7) is 3.50. The normalized spacial score (nSPS) is 21.3. The average molecular weight is 596 g/mol. The van der Waals surface area contributed by atoms with Crippen LogP contribution in [0.1, 0.15) is 30.9 Å². The maximum absolute atomic E-state index is 13.4. The topological polar surface area (TPSA) is 145 Å². The van der Waals surface area contributed by atoms with Crippen molar-refractivity contribution in [3.05, 3.63) is 92.7 Å². The van der Waals surface area contributed by atoms with Gasteiger partial charge in [0.15, 0.2) is 5.92 Å². The number of carbonyl (C=O) groups is 4. The molecule has 1 N–H and O–H groups in total. The Balaban J connectivity index is 1.25. The van der Waals surface area contributed by atoms with Gasteiger partial charge in [0.05, 0.1) is 4.92 Å². The van der Waals surface area contributed by atoms with Crippen LogP contribution in [0.25, 0.3) is 0 Å². The highest BCUT2D eigenvalue weighted by Crippen LogP contribution is 2.51. The number of rotatable bonds is 9. The maximum atomic E-state index is 13.4. The standard InChI is InChI=1S/C28H25N3O8S2/c1-28(2)22(27(35)38-14-16-8-10-18(11-9-16)31(36)37)30-24(33)21(25(30)41-28)29-23(32)20(17-12-13-40-15-17)26(34)39-19-6-4-3-5-7-19/h3-13,15,20-22,25H,14H2,1-2H3,(H,29,32)/t20?,21-,22+,25-/m1/s1. The zero-order chi connectivity index (χ0) is 29.3. The van der Waals surface area contributed by atoms with Gasteiger partial charge in [0.1, 0.15) is 29.8 Å². The van der Waals surface area contributed by atoms with Crippen LogP contribution >= 0.6 is 23.1 Å². The number of benzene rings is 2. The van der Waals surface area contributed by atoms with Crippen molar-refractivity contribution >= 4 is 52.5 Å². The molecule has 1 aromatic heterocycles. The van der Waals surface area contributed by atoms with Crippen molar-refractivity contribution in [1.29, 1.82) is 0 Å². The summed E-state index contributed by atoms with van der Waals surface area (Å²) < 4.78 is 10.2. The number of esters is 2. The molecule has 41 heavy (non-hydrogen) atoms. The molecule has 4 atom stereocenters. The Morgan fingerprint density at radius 1 is 1.10 bits per heavy atom. The number of β-lactam (4-membered cyclic amide) rings is 1. The largest absolute Gasteiger partial charge is 0.459 e. The van der Waals surface area contributed by atoms with Crippen molar-refractivity contribution in [3.8, 4) is 5.75 Å². The summed E-state index contributed by atoms with van der Waals surface area (Å²) in [5.74, 6) is -3.53. The van der Waals surface area contributed by atoms with Crippen molar-refractivity contribution in [1.82, 2.24) is 10.2 Å². The van der Waals surface area contributed by atoms with Crippen molar-refractivity contribution in [2.24, 2.45) is 0 Å². The molecule has 0 spiro atoms. The maximum Gasteiger partial charge on any atom is 0.330 e. The predicted molar refractivity (Wildman–Crippen MR) is 150 cm³/mol. The van der Waals surface area contributed by atoms with E-state index in [0.717, 1.165) is 0 Å². The van der Waals surface area contributed by atoms with E-state index in [0.29, 0.717) is 16.9 Å². The second-order valence-electron chi connectivity index (χ2n) is 10.0. The molecule has 2 aliphatic heterocycles. The van der Waals surface area contributed by atoms with Gasteiger partial charge in [0, 0.05) is 16.9 Å². The predicted octanol–water partition coefficient (Wildman–Crippen LogP) is 3.64. The fraction of sp³-hybridized carbons (Fsp3) is 0.286. The van der Waals surface area contributed by atoms with Crippen molar-refractivity contribution < 1.29 is 33.6 Å². The molecule has 0 bridgehead atoms. The number of non-ortho nitro benzene ring substituents is 1. The number of para-hydroxylation sites is 1. The number of thiophene rings is 1. The number of ether oxygens (including phenoxy) is 2. The fourth-order valence-electron chi connectivity index (χ4n) is 4.81. The highest BCUT2D eigenvalue weighted by atomic mass is 32.2. The Kier molecular flexibility index (Phi) is 7.82. The smallest absolute Gasteiger partial charge is 0.330 e. The number of hydrogen-bond donors (Lipinski definition) is 1. The quantitative estimate of drug-likeness (QED) is 0.0979. The number of hydrogen-bond acceptors (Lipinski definition) is 10. The van der Waals surface area contributed by atoms with Crippen LogP contribution in [0.15, 0.2) is 71.4 Å². The number of amides is 2. The SMILES string of the molecule is CC1(C)S[C@@H]2[C@H](NC(=O)C(C(=O)Oc3ccccc3)c3ccsc3)C(=O)N2[C@H]1C(=O)OCc1ccc([N+](=O)[O-])cc1. The van der Waals surface area contributed by atoms with E-state index in [2.05, 4.69) is 5.32 Å². The van der Waals surface area contributed by atoms with Crippen molar-refractivity contribution in [2.45, 2.75) is 48.6 Å². The lowest BCUT2D eigenvalue weighted by Gasteiger charge is -2.44. The zero-order valence-electron chi connectivity index (χ0n) is 21.9. The molecule has 0 aliphatic carbocycles. The van der Waals surface area contributed by atoms with E-state index < -0.39 is 56.8 Å². The molecule has 212 valence electrons. The van der Waals surface area contributed by atoms with Crippen LogP contribution < -0.4 is 10.1 Å². The first-order valence-electron chi connectivity index (χ1n) is 12.6. The van der Waals surface area contributed by atoms with Gasteiger partial charge in [-0.1, -0.05) is 18.2 Å². The van der Waals surface area contributed by atoms with Gasteiger partial charge in [-0.25, -0.2) is 4.79 Å². The van der Waals surface area contributed by atoms with E-state index in [9.17, 15) is 29.3 Å². The molecule has 3 aromatic rings. The van der Waals surface area contributed by atoms with E-state index in [1.807, 2.05) is 13.8 Å². The highest BCUT2D eigenvalue weighted by molar-refractivity contribution is 8.01. The molecule has 5 rings (SSSR count). The third-order valence-electron chi connectivity index (χ3n) is 6.83. The molecule has 2 amide bonds. The monoisotopic (exact) mass is 595 g/mol. The van der Waals surface area contributed by atoms with Gasteiger partial charge in [0.2, 0.25) is 11.8 Å². The van der Waals surface area contributed by atoms with Crippen LogP contribution in [0, 0.1) is 10.1 Å². The van der Waals surface area contributed by atoms with Gasteiger partial charge in [-0.3, -0.25) is 24.5 Å². The first-order valence-corrected chi connectivity index (χ1v) is 14.4. The molecule has 1 unspecified atom stereocenters. The Labute approximate surface area is 243 Å². The highest BCUT2D eigenvalue weighted by Gasteiger charge is 2.64. The molecule has 2 saturated heterocycles. The first-order chi connectivity index (χ1) is 19.6. The van der Waals surface area contributed by atoms with E-state index in [-0.39, 0.29) is 12.3 Å². The molecule has 3 heterocycles. The van der Waals surface area contributed by atoms with Gasteiger partial charge in [-0.2, -0.15) is 11.3 Å². The van der Waals surface area contributed by atoms with Gasteiger partial charge >= 0.3 is 11.9 Å². The van der Waals surface area contributed by atoms with Crippen LogP contribution in [-0.4, -0.2) is 55.8 Å². The van der Waals surface area contributed by atoms with Crippen LogP contribution in [0.2, 0.25) is 0 Å². The molecule has 0 radical (unpaired) electrons. The molecule has 13 heteroatoms. The van der Waals surface area contributed by atoms with Gasteiger partial charge in [-0.15, -0.1) is 11.8 Å². The van der Waals surface area contributed by atoms with Crippen molar-refractivity contribution in [2.75, 3.05) is 0 Å².